The Morgan fingerprint density at radius 1 is 1.30 bits per heavy atom. The standard InChI is InChI=1S/C14H26N2O4/c1-13(2,3)20-12(18)16-7-6-10(9-16)14(4,15)8-11(17)19-5/h10H,6-9,15H2,1-5H3. The van der Waals surface area contributed by atoms with Gasteiger partial charge >= 0.3 is 12.1 Å². The van der Waals surface area contributed by atoms with E-state index in [1.165, 1.54) is 7.11 Å². The smallest absolute Gasteiger partial charge is 0.410 e. The largest absolute Gasteiger partial charge is 0.469 e. The molecule has 2 N–H and O–H groups in total. The zero-order valence-electron chi connectivity index (χ0n) is 13.1. The second-order valence-corrected chi connectivity index (χ2v) is 6.67. The molecule has 1 aliphatic rings. The van der Waals surface area contributed by atoms with Gasteiger partial charge in [-0.05, 0) is 40.0 Å². The van der Waals surface area contributed by atoms with Crippen molar-refractivity contribution in [2.75, 3.05) is 20.2 Å². The molecule has 1 saturated heterocycles. The number of hydrogen-bond donors (Lipinski definition) is 1. The third kappa shape index (κ3) is 4.67. The van der Waals surface area contributed by atoms with E-state index < -0.39 is 11.1 Å². The van der Waals surface area contributed by atoms with Crippen molar-refractivity contribution in [3.05, 3.63) is 0 Å². The minimum atomic E-state index is -0.677. The van der Waals surface area contributed by atoms with Crippen molar-refractivity contribution in [1.82, 2.24) is 4.90 Å². The Kier molecular flexibility index (Phi) is 5.02. The number of likely N-dealkylation sites (tertiary alicyclic amines) is 1. The fourth-order valence-corrected chi connectivity index (χ4v) is 2.32. The van der Waals surface area contributed by atoms with Crippen LogP contribution in [-0.2, 0) is 14.3 Å². The van der Waals surface area contributed by atoms with Gasteiger partial charge in [-0.15, -0.1) is 0 Å². The number of amides is 1. The molecule has 116 valence electrons. The normalized spacial score (nSPS) is 22.3. The molecule has 0 saturated carbocycles. The maximum absolute atomic E-state index is 12.0. The van der Waals surface area contributed by atoms with E-state index in [0.717, 1.165) is 6.42 Å². The molecule has 0 spiro atoms. The van der Waals surface area contributed by atoms with Gasteiger partial charge < -0.3 is 20.1 Å². The summed E-state index contributed by atoms with van der Waals surface area (Å²) in [6, 6.07) is 0. The van der Waals surface area contributed by atoms with Crippen molar-refractivity contribution in [3.8, 4) is 0 Å². The van der Waals surface area contributed by atoms with Gasteiger partial charge in [0.2, 0.25) is 0 Å². The van der Waals surface area contributed by atoms with Crippen LogP contribution in [0.15, 0.2) is 0 Å². The highest BCUT2D eigenvalue weighted by Gasteiger charge is 2.39. The summed E-state index contributed by atoms with van der Waals surface area (Å²) in [5.74, 6) is -0.264. The molecular formula is C14H26N2O4. The Morgan fingerprint density at radius 3 is 2.40 bits per heavy atom. The van der Waals surface area contributed by atoms with E-state index >= 15 is 0 Å². The van der Waals surface area contributed by atoms with Gasteiger partial charge in [-0.25, -0.2) is 4.79 Å². The van der Waals surface area contributed by atoms with E-state index in [-0.39, 0.29) is 24.4 Å². The molecule has 0 aliphatic carbocycles. The summed E-state index contributed by atoms with van der Waals surface area (Å²) in [6.45, 7) is 8.45. The van der Waals surface area contributed by atoms with Crippen molar-refractivity contribution >= 4 is 12.1 Å². The van der Waals surface area contributed by atoms with Crippen LogP contribution in [0.5, 0.6) is 0 Å². The zero-order chi connectivity index (χ0) is 15.6. The van der Waals surface area contributed by atoms with Crippen molar-refractivity contribution < 1.29 is 19.1 Å². The molecule has 2 atom stereocenters. The average molecular weight is 286 g/mol. The van der Waals surface area contributed by atoms with Crippen LogP contribution in [0.3, 0.4) is 0 Å². The summed E-state index contributed by atoms with van der Waals surface area (Å²) >= 11 is 0. The molecule has 1 aliphatic heterocycles. The molecule has 2 unspecified atom stereocenters. The number of carbonyl (C=O) groups is 2. The quantitative estimate of drug-likeness (QED) is 0.795. The van der Waals surface area contributed by atoms with Crippen molar-refractivity contribution in [3.63, 3.8) is 0 Å². The average Bonchev–Trinajstić information content (AvgIpc) is 2.75. The fourth-order valence-electron chi connectivity index (χ4n) is 2.32. The SMILES string of the molecule is COC(=O)CC(C)(N)C1CCN(C(=O)OC(C)(C)C)C1. The minimum Gasteiger partial charge on any atom is -0.469 e. The Balaban J connectivity index is 2.58. The summed E-state index contributed by atoms with van der Waals surface area (Å²) in [5.41, 5.74) is 5.03. The predicted molar refractivity (Wildman–Crippen MR) is 75.1 cm³/mol. The zero-order valence-corrected chi connectivity index (χ0v) is 13.1. The molecular weight excluding hydrogens is 260 g/mol. The number of esters is 1. The lowest BCUT2D eigenvalue weighted by molar-refractivity contribution is -0.142. The number of nitrogens with zero attached hydrogens (tertiary/aromatic N) is 1. The van der Waals surface area contributed by atoms with Gasteiger partial charge in [-0.3, -0.25) is 4.79 Å². The van der Waals surface area contributed by atoms with Crippen molar-refractivity contribution in [2.45, 2.75) is 51.7 Å². The van der Waals surface area contributed by atoms with E-state index in [0.29, 0.717) is 13.1 Å². The highest BCUT2D eigenvalue weighted by Crippen LogP contribution is 2.29. The molecule has 0 bridgehead atoms. The molecule has 1 fully saturated rings. The molecule has 6 heteroatoms. The van der Waals surface area contributed by atoms with Crippen molar-refractivity contribution in [1.29, 1.82) is 0 Å². The number of methoxy groups -OCH3 is 1. The highest BCUT2D eigenvalue weighted by molar-refractivity contribution is 5.71. The lowest BCUT2D eigenvalue weighted by Gasteiger charge is -2.30. The molecule has 0 aromatic rings. The number of carbonyl (C=O) groups excluding carboxylic acids is 2. The third-order valence-electron chi connectivity index (χ3n) is 3.53. The van der Waals surface area contributed by atoms with Crippen LogP contribution in [0.25, 0.3) is 0 Å². The van der Waals surface area contributed by atoms with Gasteiger partial charge in [0.15, 0.2) is 0 Å². The molecule has 20 heavy (non-hydrogen) atoms. The first-order chi connectivity index (χ1) is 9.05. The number of rotatable bonds is 3. The Morgan fingerprint density at radius 2 is 1.90 bits per heavy atom. The number of hydrogen-bond acceptors (Lipinski definition) is 5. The van der Waals surface area contributed by atoms with Crippen LogP contribution in [0.4, 0.5) is 4.79 Å². The molecule has 6 nitrogen and oxygen atoms in total. The van der Waals surface area contributed by atoms with Crippen molar-refractivity contribution in [2.24, 2.45) is 11.7 Å². The maximum Gasteiger partial charge on any atom is 0.410 e. The minimum absolute atomic E-state index is 0.0640. The Hall–Kier alpha value is -1.30. The van der Waals surface area contributed by atoms with E-state index in [2.05, 4.69) is 4.74 Å². The monoisotopic (exact) mass is 286 g/mol. The molecule has 0 aromatic carbocycles. The lowest BCUT2D eigenvalue weighted by Crippen LogP contribution is -2.47. The number of nitrogens with two attached hydrogens (primary N) is 1. The van der Waals surface area contributed by atoms with E-state index in [9.17, 15) is 9.59 Å². The lowest BCUT2D eigenvalue weighted by atomic mass is 9.83. The Labute approximate surface area is 120 Å². The first kappa shape index (κ1) is 16.8. The maximum atomic E-state index is 12.0. The summed E-state index contributed by atoms with van der Waals surface area (Å²) in [4.78, 5) is 25.0. The van der Waals surface area contributed by atoms with Crippen LogP contribution < -0.4 is 5.73 Å². The first-order valence-corrected chi connectivity index (χ1v) is 6.89. The molecule has 1 heterocycles. The third-order valence-corrected chi connectivity index (χ3v) is 3.53. The molecule has 0 radical (unpaired) electrons. The summed E-state index contributed by atoms with van der Waals surface area (Å²) in [5, 5.41) is 0. The van der Waals surface area contributed by atoms with Gasteiger partial charge in [0.1, 0.15) is 5.60 Å². The first-order valence-electron chi connectivity index (χ1n) is 6.89. The summed E-state index contributed by atoms with van der Waals surface area (Å²) in [6.07, 6.45) is 0.591. The molecule has 1 rings (SSSR count). The molecule has 0 aromatic heterocycles. The van der Waals surface area contributed by atoms with E-state index in [4.69, 9.17) is 10.5 Å². The Bertz CT molecular complexity index is 374. The predicted octanol–water partition coefficient (Wildman–Crippen LogP) is 1.52. The van der Waals surface area contributed by atoms with Crippen LogP contribution in [-0.4, -0.2) is 48.3 Å². The highest BCUT2D eigenvalue weighted by atomic mass is 16.6. The topological polar surface area (TPSA) is 81.9 Å². The second-order valence-electron chi connectivity index (χ2n) is 6.67. The summed E-state index contributed by atoms with van der Waals surface area (Å²) in [7, 11) is 1.35. The summed E-state index contributed by atoms with van der Waals surface area (Å²) < 4.78 is 10.0. The van der Waals surface area contributed by atoms with E-state index in [1.807, 2.05) is 27.7 Å². The van der Waals surface area contributed by atoms with Crippen LogP contribution in [0, 0.1) is 5.92 Å². The van der Waals surface area contributed by atoms with Crippen LogP contribution in [0.1, 0.15) is 40.5 Å². The van der Waals surface area contributed by atoms with Gasteiger partial charge in [-0.1, -0.05) is 0 Å². The van der Waals surface area contributed by atoms with Crippen LogP contribution >= 0.6 is 0 Å². The van der Waals surface area contributed by atoms with Gasteiger partial charge in [0.25, 0.3) is 0 Å². The van der Waals surface area contributed by atoms with Crippen LogP contribution in [0.2, 0.25) is 0 Å². The molecule has 1 amide bonds. The van der Waals surface area contributed by atoms with Gasteiger partial charge in [0, 0.05) is 18.6 Å². The second kappa shape index (κ2) is 5.99. The number of ether oxygens (including phenoxy) is 2. The fraction of sp³-hybridized carbons (Fsp3) is 0.857. The van der Waals surface area contributed by atoms with E-state index in [1.54, 1.807) is 4.90 Å². The van der Waals surface area contributed by atoms with Gasteiger partial charge in [0.05, 0.1) is 13.5 Å². The van der Waals surface area contributed by atoms with Gasteiger partial charge in [-0.2, -0.15) is 0 Å².